The lowest BCUT2D eigenvalue weighted by atomic mass is 10.1. The van der Waals surface area contributed by atoms with Gasteiger partial charge in [-0.05, 0) is 57.3 Å². The molecule has 0 unspecified atom stereocenters. The minimum Gasteiger partial charge on any atom is -0.317 e. The van der Waals surface area contributed by atoms with Crippen LogP contribution in [0.25, 0.3) is 0 Å². The molecule has 1 aromatic rings. The Morgan fingerprint density at radius 2 is 2.06 bits per heavy atom. The molecule has 3 heteroatoms. The van der Waals surface area contributed by atoms with Gasteiger partial charge in [0.2, 0.25) is 0 Å². The number of thiophene rings is 1. The van der Waals surface area contributed by atoms with Crippen LogP contribution in [0.15, 0.2) is 6.07 Å². The molecule has 0 bridgehead atoms. The quantitative estimate of drug-likeness (QED) is 0.682. The molecule has 0 aliphatic carbocycles. The Kier molecular flexibility index (Phi) is 7.10. The fourth-order valence-corrected chi connectivity index (χ4v) is 2.96. The number of rotatable bonds is 8. The van der Waals surface area contributed by atoms with Crippen molar-refractivity contribution in [3.05, 3.63) is 20.8 Å². The highest BCUT2D eigenvalue weighted by atomic mass is 35.5. The number of halogens is 1. The van der Waals surface area contributed by atoms with Gasteiger partial charge in [-0.15, -0.1) is 11.3 Å². The fraction of sp³-hybridized carbons (Fsp3) is 0.692. The van der Waals surface area contributed by atoms with Crippen molar-refractivity contribution >= 4 is 22.9 Å². The van der Waals surface area contributed by atoms with Crippen LogP contribution in [0.1, 0.15) is 43.0 Å². The molecule has 1 nitrogen and oxygen atoms in total. The van der Waals surface area contributed by atoms with Gasteiger partial charge in [0.1, 0.15) is 0 Å². The molecule has 0 amide bonds. The topological polar surface area (TPSA) is 12.0 Å². The Bertz CT molecular complexity index is 277. The van der Waals surface area contributed by atoms with Crippen LogP contribution in [0.4, 0.5) is 0 Å². The van der Waals surface area contributed by atoms with Crippen molar-refractivity contribution in [1.29, 1.82) is 0 Å². The van der Waals surface area contributed by atoms with Crippen molar-refractivity contribution in [2.45, 2.75) is 46.0 Å². The molecular formula is C13H22ClNS. The zero-order valence-electron chi connectivity index (χ0n) is 10.3. The summed E-state index contributed by atoms with van der Waals surface area (Å²) in [5.41, 5.74) is 1.23. The molecule has 0 aliphatic rings. The summed E-state index contributed by atoms with van der Waals surface area (Å²) < 4.78 is 0.958. The molecule has 1 N–H and O–H groups in total. The number of hydrogen-bond donors (Lipinski definition) is 1. The van der Waals surface area contributed by atoms with Gasteiger partial charge in [0.05, 0.1) is 4.34 Å². The Morgan fingerprint density at radius 3 is 2.69 bits per heavy atom. The molecule has 0 spiro atoms. The van der Waals surface area contributed by atoms with Gasteiger partial charge in [-0.25, -0.2) is 0 Å². The summed E-state index contributed by atoms with van der Waals surface area (Å²) in [6.45, 7) is 6.60. The standard InChI is InChI=1S/C13H22ClNS/c1-3-8-15-9-6-4-5-7-12-10-11(2)13(14)16-12/h10,15H,3-9H2,1-2H3. The van der Waals surface area contributed by atoms with Crippen molar-refractivity contribution in [3.63, 3.8) is 0 Å². The maximum atomic E-state index is 6.04. The Labute approximate surface area is 108 Å². The van der Waals surface area contributed by atoms with Crippen molar-refractivity contribution in [2.24, 2.45) is 0 Å². The fourth-order valence-electron chi connectivity index (χ4n) is 1.67. The molecule has 0 saturated carbocycles. The summed E-state index contributed by atoms with van der Waals surface area (Å²) in [7, 11) is 0. The Balaban J connectivity index is 2.03. The second-order valence-electron chi connectivity index (χ2n) is 4.23. The maximum absolute atomic E-state index is 6.04. The molecule has 16 heavy (non-hydrogen) atoms. The van der Waals surface area contributed by atoms with Gasteiger partial charge in [0.15, 0.2) is 0 Å². The average molecular weight is 260 g/mol. The van der Waals surface area contributed by atoms with Crippen LogP contribution in [0, 0.1) is 6.92 Å². The highest BCUT2D eigenvalue weighted by Crippen LogP contribution is 2.27. The summed E-state index contributed by atoms with van der Waals surface area (Å²) in [6, 6.07) is 2.22. The molecular weight excluding hydrogens is 238 g/mol. The molecule has 0 aromatic carbocycles. The highest BCUT2D eigenvalue weighted by Gasteiger charge is 2.02. The first-order chi connectivity index (χ1) is 7.74. The molecule has 1 rings (SSSR count). The van der Waals surface area contributed by atoms with E-state index in [4.69, 9.17) is 11.6 Å². The van der Waals surface area contributed by atoms with E-state index in [9.17, 15) is 0 Å². The van der Waals surface area contributed by atoms with Gasteiger partial charge in [0, 0.05) is 4.88 Å². The van der Waals surface area contributed by atoms with Crippen molar-refractivity contribution in [3.8, 4) is 0 Å². The van der Waals surface area contributed by atoms with Crippen LogP contribution >= 0.6 is 22.9 Å². The lowest BCUT2D eigenvalue weighted by Crippen LogP contribution is -2.15. The van der Waals surface area contributed by atoms with Gasteiger partial charge in [0.25, 0.3) is 0 Å². The van der Waals surface area contributed by atoms with Crippen molar-refractivity contribution in [2.75, 3.05) is 13.1 Å². The first kappa shape index (κ1) is 14.0. The maximum Gasteiger partial charge on any atom is 0.0960 e. The Morgan fingerprint density at radius 1 is 1.25 bits per heavy atom. The van der Waals surface area contributed by atoms with Crippen molar-refractivity contribution < 1.29 is 0 Å². The van der Waals surface area contributed by atoms with Gasteiger partial charge in [-0.3, -0.25) is 0 Å². The van der Waals surface area contributed by atoms with E-state index < -0.39 is 0 Å². The van der Waals surface area contributed by atoms with E-state index in [2.05, 4.69) is 25.2 Å². The third-order valence-corrected chi connectivity index (χ3v) is 4.23. The summed E-state index contributed by atoms with van der Waals surface area (Å²) in [4.78, 5) is 1.43. The van der Waals surface area contributed by atoms with Crippen LogP contribution in [0.3, 0.4) is 0 Å². The molecule has 0 radical (unpaired) electrons. The molecule has 1 heterocycles. The van der Waals surface area contributed by atoms with Crippen LogP contribution in [0.5, 0.6) is 0 Å². The van der Waals surface area contributed by atoms with Crippen LogP contribution in [-0.4, -0.2) is 13.1 Å². The van der Waals surface area contributed by atoms with Gasteiger partial charge < -0.3 is 5.32 Å². The summed E-state index contributed by atoms with van der Waals surface area (Å²) in [6.07, 6.45) is 6.30. The molecule has 92 valence electrons. The molecule has 0 atom stereocenters. The molecule has 0 saturated heterocycles. The molecule has 1 aromatic heterocycles. The third kappa shape index (κ3) is 5.33. The lowest BCUT2D eigenvalue weighted by molar-refractivity contribution is 0.600. The zero-order chi connectivity index (χ0) is 11.8. The van der Waals surface area contributed by atoms with Crippen LogP contribution < -0.4 is 5.32 Å². The van der Waals surface area contributed by atoms with E-state index in [-0.39, 0.29) is 0 Å². The number of unbranched alkanes of at least 4 members (excludes halogenated alkanes) is 2. The van der Waals surface area contributed by atoms with E-state index in [0.29, 0.717) is 0 Å². The lowest BCUT2D eigenvalue weighted by Gasteiger charge is -2.02. The van der Waals surface area contributed by atoms with E-state index in [1.165, 1.54) is 42.5 Å². The number of hydrogen-bond acceptors (Lipinski definition) is 2. The monoisotopic (exact) mass is 259 g/mol. The minimum absolute atomic E-state index is 0.958. The largest absolute Gasteiger partial charge is 0.317 e. The van der Waals surface area contributed by atoms with Crippen LogP contribution in [0.2, 0.25) is 4.34 Å². The predicted molar refractivity (Wildman–Crippen MR) is 74.8 cm³/mol. The number of aryl methyl sites for hydroxylation is 2. The SMILES string of the molecule is CCCNCCCCCc1cc(C)c(Cl)s1. The van der Waals surface area contributed by atoms with E-state index in [0.717, 1.165) is 17.4 Å². The molecule has 0 aliphatic heterocycles. The zero-order valence-corrected chi connectivity index (χ0v) is 11.9. The summed E-state index contributed by atoms with van der Waals surface area (Å²) in [5.74, 6) is 0. The normalized spacial score (nSPS) is 10.9. The van der Waals surface area contributed by atoms with E-state index in [1.54, 1.807) is 11.3 Å². The smallest absolute Gasteiger partial charge is 0.0960 e. The van der Waals surface area contributed by atoms with Gasteiger partial charge in [-0.1, -0.05) is 24.9 Å². The number of nitrogens with one attached hydrogen (secondary N) is 1. The highest BCUT2D eigenvalue weighted by molar-refractivity contribution is 7.16. The molecule has 0 fully saturated rings. The second kappa shape index (κ2) is 8.10. The summed E-state index contributed by atoms with van der Waals surface area (Å²) >= 11 is 7.77. The summed E-state index contributed by atoms with van der Waals surface area (Å²) in [5, 5.41) is 3.43. The second-order valence-corrected chi connectivity index (χ2v) is 5.97. The predicted octanol–water partition coefficient (Wildman–Crippen LogP) is 4.42. The third-order valence-electron chi connectivity index (χ3n) is 2.61. The first-order valence-electron chi connectivity index (χ1n) is 6.19. The van der Waals surface area contributed by atoms with E-state index in [1.807, 2.05) is 0 Å². The van der Waals surface area contributed by atoms with Gasteiger partial charge in [-0.2, -0.15) is 0 Å². The first-order valence-corrected chi connectivity index (χ1v) is 7.39. The Hall–Kier alpha value is -0.0500. The van der Waals surface area contributed by atoms with Crippen LogP contribution in [-0.2, 0) is 6.42 Å². The van der Waals surface area contributed by atoms with E-state index >= 15 is 0 Å². The van der Waals surface area contributed by atoms with Gasteiger partial charge >= 0.3 is 0 Å². The minimum atomic E-state index is 0.958. The van der Waals surface area contributed by atoms with Crippen molar-refractivity contribution in [1.82, 2.24) is 5.32 Å². The average Bonchev–Trinajstić information content (AvgIpc) is 2.57.